The molecule has 3 aromatic rings. The minimum atomic E-state index is -1.56. The van der Waals surface area contributed by atoms with Crippen LogP contribution < -0.4 is 0 Å². The standard InChI is InChI=1S/C24H11F2N3O2/c25-12-7-15-18(11(9-27)10-28)22(24(31)20(15)16(26)8-12)19-13-3-1-5-17(30)21(13)23-14(19)4-2-6-29-23/h1-8,24,30-31H/b22-19-. The number of phenols is 1. The highest BCUT2D eigenvalue weighted by Gasteiger charge is 2.41. The Morgan fingerprint density at radius 2 is 1.74 bits per heavy atom. The first-order valence-corrected chi connectivity index (χ1v) is 9.22. The number of hydrogen-bond donors (Lipinski definition) is 2. The van der Waals surface area contributed by atoms with Crippen molar-refractivity contribution in [2.24, 2.45) is 0 Å². The van der Waals surface area contributed by atoms with Crippen LogP contribution in [0.15, 0.2) is 59.8 Å². The third kappa shape index (κ3) is 2.45. The number of aliphatic hydroxyl groups is 1. The van der Waals surface area contributed by atoms with Gasteiger partial charge in [-0.15, -0.1) is 0 Å². The number of nitriles is 2. The number of allylic oxidation sites excluding steroid dienone is 1. The second-order valence-electron chi connectivity index (χ2n) is 7.11. The Bertz CT molecular complexity index is 1440. The van der Waals surface area contributed by atoms with E-state index in [9.17, 15) is 29.5 Å². The predicted octanol–water partition coefficient (Wildman–Crippen LogP) is 4.40. The largest absolute Gasteiger partial charge is 0.507 e. The third-order valence-corrected chi connectivity index (χ3v) is 5.55. The number of pyridine rings is 1. The molecule has 1 atom stereocenters. The molecule has 1 aromatic heterocycles. The highest BCUT2D eigenvalue weighted by atomic mass is 19.1. The first-order valence-electron chi connectivity index (χ1n) is 9.22. The van der Waals surface area contributed by atoms with Crippen LogP contribution in [0.5, 0.6) is 5.75 Å². The summed E-state index contributed by atoms with van der Waals surface area (Å²) in [6.07, 6.45) is -0.0109. The molecule has 0 saturated carbocycles. The molecule has 0 radical (unpaired) electrons. The first kappa shape index (κ1) is 18.7. The van der Waals surface area contributed by atoms with Gasteiger partial charge in [0.1, 0.15) is 41.2 Å². The van der Waals surface area contributed by atoms with Gasteiger partial charge in [0.25, 0.3) is 0 Å². The van der Waals surface area contributed by atoms with Crippen molar-refractivity contribution in [3.05, 3.63) is 93.7 Å². The zero-order valence-electron chi connectivity index (χ0n) is 15.7. The minimum Gasteiger partial charge on any atom is -0.507 e. The number of rotatable bonds is 0. The van der Waals surface area contributed by atoms with Gasteiger partial charge in [-0.2, -0.15) is 10.5 Å². The highest BCUT2D eigenvalue weighted by Crippen LogP contribution is 2.56. The van der Waals surface area contributed by atoms with Crippen LogP contribution in [0.1, 0.15) is 28.4 Å². The van der Waals surface area contributed by atoms with Crippen molar-refractivity contribution in [2.75, 3.05) is 0 Å². The van der Waals surface area contributed by atoms with Crippen LogP contribution in [0.3, 0.4) is 0 Å². The molecule has 1 heterocycles. The number of benzene rings is 2. The predicted molar refractivity (Wildman–Crippen MR) is 107 cm³/mol. The lowest BCUT2D eigenvalue weighted by Gasteiger charge is -2.14. The van der Waals surface area contributed by atoms with Gasteiger partial charge in [0.05, 0.1) is 11.3 Å². The number of hydrogen-bond acceptors (Lipinski definition) is 5. The average Bonchev–Trinajstić information content (AvgIpc) is 3.22. The maximum absolute atomic E-state index is 14.7. The molecule has 0 saturated heterocycles. The lowest BCUT2D eigenvalue weighted by atomic mass is 9.90. The summed E-state index contributed by atoms with van der Waals surface area (Å²) in [5.74, 6) is -1.91. The zero-order valence-corrected chi connectivity index (χ0v) is 15.7. The summed E-state index contributed by atoms with van der Waals surface area (Å²) in [5.41, 5.74) is 1.72. The van der Waals surface area contributed by atoms with Gasteiger partial charge in [-0.05, 0) is 34.9 Å². The van der Waals surface area contributed by atoms with E-state index in [1.54, 1.807) is 42.6 Å². The second kappa shape index (κ2) is 6.60. The van der Waals surface area contributed by atoms with Gasteiger partial charge in [0.15, 0.2) is 0 Å². The molecule has 2 aliphatic rings. The quantitative estimate of drug-likeness (QED) is 0.418. The van der Waals surface area contributed by atoms with Crippen molar-refractivity contribution in [2.45, 2.75) is 6.10 Å². The summed E-state index contributed by atoms with van der Waals surface area (Å²) >= 11 is 0. The molecule has 0 amide bonds. The average molecular weight is 411 g/mol. The van der Waals surface area contributed by atoms with E-state index in [1.165, 1.54) is 6.07 Å². The lowest BCUT2D eigenvalue weighted by Crippen LogP contribution is -2.01. The topological polar surface area (TPSA) is 101 Å². The van der Waals surface area contributed by atoms with Crippen LogP contribution in [-0.4, -0.2) is 15.2 Å². The van der Waals surface area contributed by atoms with Gasteiger partial charge in [0, 0.05) is 34.5 Å². The monoisotopic (exact) mass is 411 g/mol. The van der Waals surface area contributed by atoms with Gasteiger partial charge >= 0.3 is 0 Å². The maximum atomic E-state index is 14.7. The fourth-order valence-corrected chi connectivity index (χ4v) is 4.40. The van der Waals surface area contributed by atoms with Gasteiger partial charge in [0.2, 0.25) is 0 Å². The number of aromatic nitrogens is 1. The number of aromatic hydroxyl groups is 1. The van der Waals surface area contributed by atoms with E-state index >= 15 is 0 Å². The Labute approximate surface area is 175 Å². The van der Waals surface area contributed by atoms with Crippen LogP contribution in [-0.2, 0) is 0 Å². The lowest BCUT2D eigenvalue weighted by molar-refractivity contribution is 0.220. The summed E-state index contributed by atoms with van der Waals surface area (Å²) in [4.78, 5) is 4.34. The number of aliphatic hydroxyl groups excluding tert-OH is 1. The van der Waals surface area contributed by atoms with Crippen molar-refractivity contribution >= 4 is 11.1 Å². The van der Waals surface area contributed by atoms with Crippen molar-refractivity contribution in [3.63, 3.8) is 0 Å². The Hall–Kier alpha value is -4.33. The molecule has 5 nitrogen and oxygen atoms in total. The number of phenolic OH excluding ortho intramolecular Hbond substituents is 1. The van der Waals surface area contributed by atoms with Gasteiger partial charge < -0.3 is 10.2 Å². The summed E-state index contributed by atoms with van der Waals surface area (Å²) in [7, 11) is 0. The minimum absolute atomic E-state index is 0.0353. The molecule has 0 fully saturated rings. The maximum Gasteiger partial charge on any atom is 0.137 e. The smallest absolute Gasteiger partial charge is 0.137 e. The fourth-order valence-electron chi connectivity index (χ4n) is 4.40. The van der Waals surface area contributed by atoms with Crippen LogP contribution in [0.2, 0.25) is 0 Å². The van der Waals surface area contributed by atoms with E-state index in [1.807, 2.05) is 0 Å². The van der Waals surface area contributed by atoms with Crippen LogP contribution >= 0.6 is 0 Å². The van der Waals surface area contributed by atoms with Gasteiger partial charge in [-0.1, -0.05) is 18.2 Å². The molecule has 0 spiro atoms. The van der Waals surface area contributed by atoms with Crippen LogP contribution in [0, 0.1) is 34.3 Å². The van der Waals surface area contributed by atoms with E-state index in [0.717, 1.165) is 6.07 Å². The van der Waals surface area contributed by atoms with Crippen LogP contribution in [0.4, 0.5) is 8.78 Å². The molecule has 0 aliphatic heterocycles. The van der Waals surface area contributed by atoms with Gasteiger partial charge in [-0.25, -0.2) is 8.78 Å². The molecule has 0 bridgehead atoms. The number of nitrogens with zero attached hydrogens (tertiary/aromatic N) is 3. The van der Waals surface area contributed by atoms with E-state index in [4.69, 9.17) is 0 Å². The van der Waals surface area contributed by atoms with E-state index in [-0.39, 0.29) is 33.6 Å². The van der Waals surface area contributed by atoms with E-state index in [0.29, 0.717) is 34.0 Å². The zero-order chi connectivity index (χ0) is 21.9. The van der Waals surface area contributed by atoms with Gasteiger partial charge in [-0.3, -0.25) is 4.98 Å². The molecule has 5 rings (SSSR count). The molecule has 2 aromatic carbocycles. The normalized spacial score (nSPS) is 18.1. The molecule has 31 heavy (non-hydrogen) atoms. The molecular weight excluding hydrogens is 400 g/mol. The summed E-state index contributed by atoms with van der Waals surface area (Å²) < 4.78 is 28.8. The van der Waals surface area contributed by atoms with E-state index in [2.05, 4.69) is 4.98 Å². The molecule has 7 heteroatoms. The molecule has 148 valence electrons. The SMILES string of the molecule is N#CC(C#N)=C1/C(=C2/c3cccnc3-c3c(O)cccc32)C(O)c2c(F)cc(F)cc21. The Kier molecular flexibility index (Phi) is 3.97. The Morgan fingerprint density at radius 3 is 2.48 bits per heavy atom. The number of halogens is 2. The molecule has 2 aliphatic carbocycles. The van der Waals surface area contributed by atoms with Crippen molar-refractivity contribution in [1.29, 1.82) is 10.5 Å². The molecule has 1 unspecified atom stereocenters. The molecular formula is C24H11F2N3O2. The Morgan fingerprint density at radius 1 is 1.00 bits per heavy atom. The summed E-state index contributed by atoms with van der Waals surface area (Å²) in [5, 5.41) is 40.7. The Balaban J connectivity index is 1.99. The summed E-state index contributed by atoms with van der Waals surface area (Å²) in [6.45, 7) is 0. The summed E-state index contributed by atoms with van der Waals surface area (Å²) in [6, 6.07) is 13.4. The van der Waals surface area contributed by atoms with Crippen LogP contribution in [0.25, 0.3) is 22.4 Å². The fraction of sp³-hybridized carbons (Fsp3) is 0.0417. The number of fused-ring (bicyclic) bond motifs is 4. The first-order chi connectivity index (χ1) is 15.0. The highest BCUT2D eigenvalue weighted by molar-refractivity contribution is 6.10. The second-order valence-corrected chi connectivity index (χ2v) is 7.11. The third-order valence-electron chi connectivity index (χ3n) is 5.55. The van der Waals surface area contributed by atoms with Crippen molar-refractivity contribution < 1.29 is 19.0 Å². The molecule has 2 N–H and O–H groups in total. The van der Waals surface area contributed by atoms with Crippen molar-refractivity contribution in [3.8, 4) is 29.1 Å². The van der Waals surface area contributed by atoms with Crippen molar-refractivity contribution in [1.82, 2.24) is 4.98 Å². The van der Waals surface area contributed by atoms with E-state index < -0.39 is 17.7 Å².